The van der Waals surface area contributed by atoms with Crippen LogP contribution in [0, 0.1) is 18.8 Å². The molecule has 1 saturated carbocycles. The summed E-state index contributed by atoms with van der Waals surface area (Å²) in [7, 11) is 0. The number of nitrogens with one attached hydrogen (secondary N) is 1. The second kappa shape index (κ2) is 11.5. The second-order valence-corrected chi connectivity index (χ2v) is 10.7. The Bertz CT molecular complexity index is 866. The molecule has 2 aliphatic heterocycles. The molecule has 1 aromatic rings. The van der Waals surface area contributed by atoms with Crippen LogP contribution >= 0.6 is 0 Å². The van der Waals surface area contributed by atoms with Gasteiger partial charge in [-0.05, 0) is 68.9 Å². The molecule has 0 radical (unpaired) electrons. The third-order valence-electron chi connectivity index (χ3n) is 8.68. The minimum atomic E-state index is 0.0897. The van der Waals surface area contributed by atoms with E-state index in [1.54, 1.807) is 0 Å². The molecule has 0 spiro atoms. The molecule has 0 unspecified atom stereocenters. The highest BCUT2D eigenvalue weighted by Crippen LogP contribution is 2.36. The first-order chi connectivity index (χ1) is 16.5. The van der Waals surface area contributed by atoms with E-state index >= 15 is 0 Å². The van der Waals surface area contributed by atoms with Gasteiger partial charge in [0, 0.05) is 49.4 Å². The van der Waals surface area contributed by atoms with Crippen LogP contribution in [0.4, 0.5) is 0 Å². The summed E-state index contributed by atoms with van der Waals surface area (Å²) in [4.78, 5) is 30.5. The van der Waals surface area contributed by atoms with Gasteiger partial charge in [-0.15, -0.1) is 0 Å². The van der Waals surface area contributed by atoms with Crippen LogP contribution in [0.3, 0.4) is 0 Å². The Morgan fingerprint density at radius 2 is 1.65 bits per heavy atom. The second-order valence-electron chi connectivity index (χ2n) is 10.7. The van der Waals surface area contributed by atoms with Crippen LogP contribution in [-0.4, -0.2) is 59.9 Å². The number of benzene rings is 1. The first-order valence-electron chi connectivity index (χ1n) is 13.6. The SMILES string of the molecule is C=C(C(=O)NC1CCN(C2CCN(C(=O)c3ccccc3C)CC2)CC1)[C@H]1CCCC[C@@H]1CC. The summed E-state index contributed by atoms with van der Waals surface area (Å²) in [6.45, 7) is 12.2. The Kier molecular flexibility index (Phi) is 8.46. The summed E-state index contributed by atoms with van der Waals surface area (Å²) in [6, 6.07) is 8.68. The standard InChI is InChI=1S/C29H43N3O2/c1-4-23-10-6-8-12-27(23)22(3)28(33)30-24-13-17-31(18-14-24)25-15-19-32(20-16-25)29(34)26-11-7-5-9-21(26)2/h5,7,9,11,23-25,27H,3-4,6,8,10,12-20H2,1-2H3,(H,30,33)/t23-,27+/m0/s1. The van der Waals surface area contributed by atoms with Crippen LogP contribution < -0.4 is 5.32 Å². The molecule has 2 saturated heterocycles. The summed E-state index contributed by atoms with van der Waals surface area (Å²) in [5.74, 6) is 1.25. The molecule has 5 heteroatoms. The Labute approximate surface area is 206 Å². The Morgan fingerprint density at radius 1 is 0.971 bits per heavy atom. The smallest absolute Gasteiger partial charge is 0.254 e. The van der Waals surface area contributed by atoms with Crippen molar-refractivity contribution in [2.24, 2.45) is 11.8 Å². The highest BCUT2D eigenvalue weighted by atomic mass is 16.2. The van der Waals surface area contributed by atoms with E-state index in [0.29, 0.717) is 17.9 Å². The fraction of sp³-hybridized carbons (Fsp3) is 0.655. The summed E-state index contributed by atoms with van der Waals surface area (Å²) in [5, 5.41) is 3.31. The van der Waals surface area contributed by atoms with Crippen molar-refractivity contribution in [2.75, 3.05) is 26.2 Å². The minimum Gasteiger partial charge on any atom is -0.349 e. The predicted molar refractivity (Wildman–Crippen MR) is 138 cm³/mol. The fourth-order valence-corrected chi connectivity index (χ4v) is 6.43. The number of carbonyl (C=O) groups is 2. The van der Waals surface area contributed by atoms with Crippen molar-refractivity contribution in [3.05, 3.63) is 47.5 Å². The molecular formula is C29H43N3O2. The van der Waals surface area contributed by atoms with Gasteiger partial charge >= 0.3 is 0 Å². The third kappa shape index (κ3) is 5.73. The summed E-state index contributed by atoms with van der Waals surface area (Å²) >= 11 is 0. The lowest BCUT2D eigenvalue weighted by Gasteiger charge is -2.42. The van der Waals surface area contributed by atoms with Crippen molar-refractivity contribution in [1.82, 2.24) is 15.1 Å². The first kappa shape index (κ1) is 25.0. The number of likely N-dealkylation sites (tertiary alicyclic amines) is 2. The molecule has 3 fully saturated rings. The van der Waals surface area contributed by atoms with E-state index in [0.717, 1.165) is 81.4 Å². The van der Waals surface area contributed by atoms with Crippen LogP contribution in [0.15, 0.2) is 36.4 Å². The van der Waals surface area contributed by atoms with E-state index in [4.69, 9.17) is 0 Å². The molecule has 2 atom stereocenters. The highest BCUT2D eigenvalue weighted by molar-refractivity contribution is 5.95. The molecule has 2 heterocycles. The average Bonchev–Trinajstić information content (AvgIpc) is 2.88. The summed E-state index contributed by atoms with van der Waals surface area (Å²) in [5.41, 5.74) is 2.70. The number of hydrogen-bond donors (Lipinski definition) is 1. The molecule has 186 valence electrons. The number of piperidine rings is 2. The van der Waals surface area contributed by atoms with Gasteiger partial charge in [-0.3, -0.25) is 9.59 Å². The predicted octanol–water partition coefficient (Wildman–Crippen LogP) is 4.95. The van der Waals surface area contributed by atoms with E-state index in [1.807, 2.05) is 36.1 Å². The van der Waals surface area contributed by atoms with Crippen molar-refractivity contribution < 1.29 is 9.59 Å². The van der Waals surface area contributed by atoms with Gasteiger partial charge in [-0.25, -0.2) is 0 Å². The fourth-order valence-electron chi connectivity index (χ4n) is 6.43. The Hall–Kier alpha value is -2.14. The maximum atomic E-state index is 12.9. The van der Waals surface area contributed by atoms with Crippen molar-refractivity contribution in [3.8, 4) is 0 Å². The molecule has 0 aromatic heterocycles. The van der Waals surface area contributed by atoms with Crippen LogP contribution in [0.2, 0.25) is 0 Å². The molecule has 34 heavy (non-hydrogen) atoms. The zero-order chi connectivity index (χ0) is 24.1. The van der Waals surface area contributed by atoms with Crippen LogP contribution in [0.5, 0.6) is 0 Å². The normalized spacial score (nSPS) is 25.2. The van der Waals surface area contributed by atoms with Gasteiger partial charge in [0.15, 0.2) is 0 Å². The van der Waals surface area contributed by atoms with Gasteiger partial charge in [-0.1, -0.05) is 51.0 Å². The van der Waals surface area contributed by atoms with E-state index in [1.165, 1.54) is 19.3 Å². The van der Waals surface area contributed by atoms with Gasteiger partial charge < -0.3 is 15.1 Å². The van der Waals surface area contributed by atoms with Crippen LogP contribution in [-0.2, 0) is 4.79 Å². The van der Waals surface area contributed by atoms with E-state index in [9.17, 15) is 9.59 Å². The van der Waals surface area contributed by atoms with Crippen molar-refractivity contribution in [1.29, 1.82) is 0 Å². The average molecular weight is 466 g/mol. The topological polar surface area (TPSA) is 52.7 Å². The molecule has 1 aromatic carbocycles. The van der Waals surface area contributed by atoms with Gasteiger partial charge in [0.05, 0.1) is 0 Å². The number of carbonyl (C=O) groups excluding carboxylic acids is 2. The molecule has 1 N–H and O–H groups in total. The number of hydrogen-bond acceptors (Lipinski definition) is 3. The van der Waals surface area contributed by atoms with Crippen molar-refractivity contribution >= 4 is 11.8 Å². The van der Waals surface area contributed by atoms with Crippen molar-refractivity contribution in [3.63, 3.8) is 0 Å². The quantitative estimate of drug-likeness (QED) is 0.605. The molecule has 4 rings (SSSR count). The summed E-state index contributed by atoms with van der Waals surface area (Å²) < 4.78 is 0. The van der Waals surface area contributed by atoms with E-state index in [2.05, 4.69) is 23.7 Å². The van der Waals surface area contributed by atoms with E-state index < -0.39 is 0 Å². The molecule has 3 aliphatic rings. The third-order valence-corrected chi connectivity index (χ3v) is 8.68. The monoisotopic (exact) mass is 465 g/mol. The molecule has 1 aliphatic carbocycles. The molecule has 2 amide bonds. The first-order valence-corrected chi connectivity index (χ1v) is 13.6. The van der Waals surface area contributed by atoms with Crippen molar-refractivity contribution in [2.45, 2.75) is 83.7 Å². The zero-order valence-corrected chi connectivity index (χ0v) is 21.2. The largest absolute Gasteiger partial charge is 0.349 e. The number of rotatable bonds is 6. The molecule has 5 nitrogen and oxygen atoms in total. The Balaban J connectivity index is 1.21. The number of aryl methyl sites for hydroxylation is 1. The van der Waals surface area contributed by atoms with Gasteiger partial charge in [0.1, 0.15) is 0 Å². The van der Waals surface area contributed by atoms with Gasteiger partial charge in [0.2, 0.25) is 5.91 Å². The Morgan fingerprint density at radius 3 is 2.32 bits per heavy atom. The van der Waals surface area contributed by atoms with Gasteiger partial charge in [-0.2, -0.15) is 0 Å². The van der Waals surface area contributed by atoms with Gasteiger partial charge in [0.25, 0.3) is 5.91 Å². The zero-order valence-electron chi connectivity index (χ0n) is 21.2. The van der Waals surface area contributed by atoms with Crippen LogP contribution in [0.25, 0.3) is 0 Å². The number of amides is 2. The maximum Gasteiger partial charge on any atom is 0.254 e. The maximum absolute atomic E-state index is 12.9. The lowest BCUT2D eigenvalue weighted by molar-refractivity contribution is -0.119. The van der Waals surface area contributed by atoms with Crippen LogP contribution in [0.1, 0.15) is 80.6 Å². The van der Waals surface area contributed by atoms with E-state index in [-0.39, 0.29) is 17.9 Å². The number of nitrogens with zero attached hydrogens (tertiary/aromatic N) is 2. The minimum absolute atomic E-state index is 0.0897. The molecular weight excluding hydrogens is 422 g/mol. The summed E-state index contributed by atoms with van der Waals surface area (Å²) in [6.07, 6.45) is 10.1. The lowest BCUT2D eigenvalue weighted by atomic mass is 9.74. The highest BCUT2D eigenvalue weighted by Gasteiger charge is 2.33. The molecule has 0 bridgehead atoms. The lowest BCUT2D eigenvalue weighted by Crippen LogP contribution is -2.52.